The van der Waals surface area contributed by atoms with Gasteiger partial charge < -0.3 is 5.73 Å². The van der Waals surface area contributed by atoms with E-state index in [2.05, 4.69) is 20.2 Å². The lowest BCUT2D eigenvalue weighted by molar-refractivity contribution is -0.141. The van der Waals surface area contributed by atoms with Crippen molar-refractivity contribution in [2.75, 3.05) is 5.75 Å². The first-order valence-corrected chi connectivity index (χ1v) is 10.0. The standard InChI is InChI=1S/C16H12F3N7O3S/c1-2-30(28,29)15-12(14-21-5-3-9(13(20)27)26(14)24-15)8-4-6-25-11(22-8)7-10(23-25)16(17,18)19/h3-7H,2H2,1H3,(H2,20,27). The Labute approximate surface area is 166 Å². The summed E-state index contributed by atoms with van der Waals surface area (Å²) in [6, 6.07) is 3.27. The first-order chi connectivity index (χ1) is 14.0. The van der Waals surface area contributed by atoms with Crippen molar-refractivity contribution in [3.05, 3.63) is 42.0 Å². The Bertz CT molecular complexity index is 1420. The predicted molar refractivity (Wildman–Crippen MR) is 96.2 cm³/mol. The number of rotatable bonds is 4. The number of halogens is 3. The molecule has 4 aromatic heterocycles. The van der Waals surface area contributed by atoms with Crippen LogP contribution < -0.4 is 5.73 Å². The molecule has 10 nitrogen and oxygen atoms in total. The van der Waals surface area contributed by atoms with Gasteiger partial charge in [-0.25, -0.2) is 27.4 Å². The van der Waals surface area contributed by atoms with E-state index in [9.17, 15) is 26.4 Å². The molecule has 0 aromatic carbocycles. The quantitative estimate of drug-likeness (QED) is 0.507. The van der Waals surface area contributed by atoms with Gasteiger partial charge >= 0.3 is 6.18 Å². The second-order valence-corrected chi connectivity index (χ2v) is 8.35. The number of carbonyl (C=O) groups is 1. The van der Waals surface area contributed by atoms with Crippen LogP contribution >= 0.6 is 0 Å². The Balaban J connectivity index is 2.05. The summed E-state index contributed by atoms with van der Waals surface area (Å²) in [6.45, 7) is 1.40. The minimum atomic E-state index is -4.67. The molecule has 0 saturated carbocycles. The Hall–Kier alpha value is -3.55. The minimum Gasteiger partial charge on any atom is -0.364 e. The van der Waals surface area contributed by atoms with Gasteiger partial charge in [0.25, 0.3) is 5.91 Å². The van der Waals surface area contributed by atoms with Crippen molar-refractivity contribution in [3.63, 3.8) is 0 Å². The number of amides is 1. The number of aromatic nitrogens is 6. The van der Waals surface area contributed by atoms with Crippen molar-refractivity contribution in [1.29, 1.82) is 0 Å². The van der Waals surface area contributed by atoms with Crippen molar-refractivity contribution in [3.8, 4) is 11.3 Å². The lowest BCUT2D eigenvalue weighted by Crippen LogP contribution is -2.16. The van der Waals surface area contributed by atoms with Crippen LogP contribution in [0, 0.1) is 0 Å². The third kappa shape index (κ3) is 3.04. The first-order valence-electron chi connectivity index (χ1n) is 8.37. The zero-order chi connectivity index (χ0) is 21.8. The SMILES string of the molecule is CCS(=O)(=O)c1nn2c(C(N)=O)ccnc2c1-c1ccn2nc(C(F)(F)F)cc2n1. The number of carbonyl (C=O) groups excluding carboxylic acids is 1. The maximum absolute atomic E-state index is 12.9. The number of hydrogen-bond acceptors (Lipinski definition) is 7. The van der Waals surface area contributed by atoms with E-state index < -0.39 is 32.6 Å². The summed E-state index contributed by atoms with van der Waals surface area (Å²) in [6.07, 6.45) is -2.23. The summed E-state index contributed by atoms with van der Waals surface area (Å²) in [5, 5.41) is 6.99. The molecule has 4 rings (SSSR count). The average molecular weight is 439 g/mol. The van der Waals surface area contributed by atoms with Crippen LogP contribution in [0.4, 0.5) is 13.2 Å². The molecule has 0 aliphatic rings. The normalized spacial score (nSPS) is 12.7. The first kappa shape index (κ1) is 19.8. The molecular weight excluding hydrogens is 427 g/mol. The van der Waals surface area contributed by atoms with Gasteiger partial charge in [0.1, 0.15) is 5.69 Å². The number of hydrogen-bond donors (Lipinski definition) is 1. The Morgan fingerprint density at radius 2 is 1.97 bits per heavy atom. The van der Waals surface area contributed by atoms with Crippen LogP contribution in [0.5, 0.6) is 0 Å². The highest BCUT2D eigenvalue weighted by Gasteiger charge is 2.34. The van der Waals surface area contributed by atoms with Gasteiger partial charge in [-0.3, -0.25) is 4.79 Å². The molecule has 30 heavy (non-hydrogen) atoms. The van der Waals surface area contributed by atoms with Gasteiger partial charge in [0, 0.05) is 18.5 Å². The molecule has 156 valence electrons. The molecule has 0 radical (unpaired) electrons. The Kier molecular flexibility index (Phi) is 4.27. The summed E-state index contributed by atoms with van der Waals surface area (Å²) in [4.78, 5) is 19.9. The van der Waals surface area contributed by atoms with Gasteiger partial charge in [-0.1, -0.05) is 6.92 Å². The van der Waals surface area contributed by atoms with E-state index in [0.29, 0.717) is 0 Å². The molecule has 0 aliphatic heterocycles. The summed E-state index contributed by atoms with van der Waals surface area (Å²) in [5.41, 5.74) is 3.79. The molecule has 1 amide bonds. The fraction of sp³-hybridized carbons (Fsp3) is 0.188. The summed E-state index contributed by atoms with van der Waals surface area (Å²) >= 11 is 0. The summed E-state index contributed by atoms with van der Waals surface area (Å²) in [7, 11) is -3.92. The Morgan fingerprint density at radius 3 is 2.60 bits per heavy atom. The highest BCUT2D eigenvalue weighted by Crippen LogP contribution is 2.32. The fourth-order valence-electron chi connectivity index (χ4n) is 2.85. The molecule has 0 fully saturated rings. The number of fused-ring (bicyclic) bond motifs is 2. The number of nitrogens with two attached hydrogens (primary N) is 1. The van der Waals surface area contributed by atoms with E-state index in [-0.39, 0.29) is 34.0 Å². The van der Waals surface area contributed by atoms with E-state index in [1.165, 1.54) is 31.5 Å². The van der Waals surface area contributed by atoms with E-state index in [1.807, 2.05) is 0 Å². The molecule has 4 aromatic rings. The van der Waals surface area contributed by atoms with Gasteiger partial charge in [0.2, 0.25) is 0 Å². The number of sulfone groups is 1. The van der Waals surface area contributed by atoms with Crippen LogP contribution in [0.2, 0.25) is 0 Å². The smallest absolute Gasteiger partial charge is 0.364 e. The van der Waals surface area contributed by atoms with Crippen molar-refractivity contribution >= 4 is 27.0 Å². The molecule has 0 atom stereocenters. The van der Waals surface area contributed by atoms with Crippen LogP contribution in [0.25, 0.3) is 22.6 Å². The highest BCUT2D eigenvalue weighted by atomic mass is 32.2. The van der Waals surface area contributed by atoms with Crippen LogP contribution in [-0.4, -0.2) is 49.3 Å². The van der Waals surface area contributed by atoms with E-state index in [0.717, 1.165) is 15.1 Å². The Morgan fingerprint density at radius 1 is 1.23 bits per heavy atom. The molecule has 0 aliphatic carbocycles. The van der Waals surface area contributed by atoms with Gasteiger partial charge in [-0.05, 0) is 12.1 Å². The van der Waals surface area contributed by atoms with Crippen molar-refractivity contribution in [2.24, 2.45) is 5.73 Å². The molecule has 0 unspecified atom stereocenters. The van der Waals surface area contributed by atoms with E-state index >= 15 is 0 Å². The predicted octanol–water partition coefficient (Wildman–Crippen LogP) is 1.35. The number of nitrogens with zero attached hydrogens (tertiary/aromatic N) is 6. The number of alkyl halides is 3. The molecule has 14 heteroatoms. The lowest BCUT2D eigenvalue weighted by Gasteiger charge is -2.03. The zero-order valence-corrected chi connectivity index (χ0v) is 15.9. The third-order valence-corrected chi connectivity index (χ3v) is 5.92. The molecule has 0 saturated heterocycles. The summed E-state index contributed by atoms with van der Waals surface area (Å²) in [5.74, 6) is -1.19. The monoisotopic (exact) mass is 439 g/mol. The molecule has 0 bridgehead atoms. The van der Waals surface area contributed by atoms with Crippen LogP contribution in [0.3, 0.4) is 0 Å². The maximum atomic E-state index is 12.9. The largest absolute Gasteiger partial charge is 0.435 e. The number of primary amides is 1. The van der Waals surface area contributed by atoms with Gasteiger partial charge in [-0.2, -0.15) is 23.4 Å². The van der Waals surface area contributed by atoms with Crippen molar-refractivity contribution < 1.29 is 26.4 Å². The van der Waals surface area contributed by atoms with Gasteiger partial charge in [0.05, 0.1) is 17.0 Å². The van der Waals surface area contributed by atoms with Crippen molar-refractivity contribution in [1.82, 2.24) is 29.2 Å². The third-order valence-electron chi connectivity index (χ3n) is 4.28. The molecule has 2 N–H and O–H groups in total. The van der Waals surface area contributed by atoms with E-state index in [4.69, 9.17) is 5.73 Å². The molecule has 4 heterocycles. The highest BCUT2D eigenvalue weighted by molar-refractivity contribution is 7.91. The molecule has 0 spiro atoms. The topological polar surface area (TPSA) is 138 Å². The maximum Gasteiger partial charge on any atom is 0.435 e. The van der Waals surface area contributed by atoms with Crippen LogP contribution in [0.15, 0.2) is 35.6 Å². The second-order valence-electron chi connectivity index (χ2n) is 6.16. The molecular formula is C16H12F3N7O3S. The van der Waals surface area contributed by atoms with Crippen LogP contribution in [0.1, 0.15) is 23.1 Å². The summed E-state index contributed by atoms with van der Waals surface area (Å²) < 4.78 is 66.0. The fourth-order valence-corrected chi connectivity index (χ4v) is 3.83. The van der Waals surface area contributed by atoms with Crippen molar-refractivity contribution in [2.45, 2.75) is 18.1 Å². The van der Waals surface area contributed by atoms with Gasteiger partial charge in [-0.15, -0.1) is 0 Å². The zero-order valence-electron chi connectivity index (χ0n) is 15.1. The second kappa shape index (κ2) is 6.48. The minimum absolute atomic E-state index is 0.00716. The van der Waals surface area contributed by atoms with E-state index in [1.54, 1.807) is 0 Å². The average Bonchev–Trinajstić information content (AvgIpc) is 3.28. The lowest BCUT2D eigenvalue weighted by atomic mass is 10.2. The van der Waals surface area contributed by atoms with Crippen LogP contribution in [-0.2, 0) is 16.0 Å². The van der Waals surface area contributed by atoms with Gasteiger partial charge in [0.15, 0.2) is 31.9 Å².